The Hall–Kier alpha value is -2.39. The zero-order valence-corrected chi connectivity index (χ0v) is 13.0. The number of aliphatic hydroxyl groups is 1. The highest BCUT2D eigenvalue weighted by Crippen LogP contribution is 2.34. The predicted octanol–water partition coefficient (Wildman–Crippen LogP) is 1.95. The normalized spacial score (nSPS) is 21.7. The van der Waals surface area contributed by atoms with Gasteiger partial charge in [-0.2, -0.15) is 0 Å². The highest BCUT2D eigenvalue weighted by Gasteiger charge is 2.37. The molecule has 2 aromatic rings. The van der Waals surface area contributed by atoms with Crippen molar-refractivity contribution in [1.29, 1.82) is 0 Å². The molecule has 1 aromatic heterocycles. The molecule has 1 aliphatic heterocycles. The number of carbonyl (C=O) groups is 1. The maximum atomic E-state index is 13.1. The van der Waals surface area contributed by atoms with Crippen molar-refractivity contribution in [3.8, 4) is 0 Å². The Labute approximate surface area is 148 Å². The number of fused-ring (bicyclic) bond motifs is 1. The van der Waals surface area contributed by atoms with Crippen LogP contribution in [0.25, 0.3) is 5.76 Å². The fraction of sp³-hybridized carbons (Fsp3) is 0.143. The van der Waals surface area contributed by atoms with Crippen LogP contribution < -0.4 is 5.32 Å². The van der Waals surface area contributed by atoms with E-state index in [0.717, 1.165) is 11.3 Å². The van der Waals surface area contributed by atoms with E-state index in [1.165, 1.54) is 6.92 Å². The van der Waals surface area contributed by atoms with Gasteiger partial charge in [-0.15, -0.1) is 11.3 Å². The number of anilines is 1. The number of amides is 1. The standard InChI is InChI=1S/C14H13N3O4S2/c1-8-7-15-14(22-8)16-13(19)11-12(18)9-5-3-4-6-10(9)23(20,21)17(11)2/h3-7,18H,1-2H3,(H,15,16,19)/i2D3,3D,4D,5D,6D,7D. The van der Waals surface area contributed by atoms with Crippen LogP contribution in [-0.2, 0) is 14.8 Å². The first-order chi connectivity index (χ1) is 14.1. The van der Waals surface area contributed by atoms with E-state index in [9.17, 15) is 18.3 Å². The molecule has 0 saturated heterocycles. The summed E-state index contributed by atoms with van der Waals surface area (Å²) in [4.78, 5) is 15.8. The van der Waals surface area contributed by atoms with Crippen LogP contribution in [0.1, 0.15) is 21.4 Å². The van der Waals surface area contributed by atoms with Gasteiger partial charge in [0.25, 0.3) is 15.9 Å². The molecule has 23 heavy (non-hydrogen) atoms. The molecule has 1 aromatic carbocycles. The summed E-state index contributed by atoms with van der Waals surface area (Å²) in [7, 11) is -5.23. The summed E-state index contributed by atoms with van der Waals surface area (Å²) in [6.45, 7) is -2.01. The molecule has 7 nitrogen and oxygen atoms in total. The van der Waals surface area contributed by atoms with E-state index in [1.807, 2.05) is 0 Å². The van der Waals surface area contributed by atoms with Crippen molar-refractivity contribution in [2.45, 2.75) is 11.8 Å². The van der Waals surface area contributed by atoms with Gasteiger partial charge in [0.1, 0.15) is 0 Å². The number of hydrogen-bond donors (Lipinski definition) is 2. The van der Waals surface area contributed by atoms with Crippen LogP contribution in [0.2, 0.25) is 0 Å². The van der Waals surface area contributed by atoms with Gasteiger partial charge in [0.2, 0.25) is 0 Å². The number of sulfonamides is 1. The summed E-state index contributed by atoms with van der Waals surface area (Å²) >= 11 is 0.847. The molecule has 3 rings (SSSR count). The molecule has 0 fully saturated rings. The third kappa shape index (κ3) is 2.47. The molecule has 2 heterocycles. The lowest BCUT2D eigenvalue weighted by Crippen LogP contribution is -2.37. The lowest BCUT2D eigenvalue weighted by atomic mass is 10.1. The average molecular weight is 359 g/mol. The highest BCUT2D eigenvalue weighted by molar-refractivity contribution is 7.89. The minimum atomic E-state index is -5.23. The fourth-order valence-corrected chi connectivity index (χ4v) is 3.61. The van der Waals surface area contributed by atoms with Gasteiger partial charge >= 0.3 is 0 Å². The highest BCUT2D eigenvalue weighted by atomic mass is 32.2. The fourth-order valence-electron chi connectivity index (χ4n) is 1.82. The molecule has 1 amide bonds. The Morgan fingerprint density at radius 1 is 1.48 bits per heavy atom. The van der Waals surface area contributed by atoms with Crippen LogP contribution in [0.5, 0.6) is 0 Å². The first-order valence-corrected chi connectivity index (χ1v) is 8.21. The lowest BCUT2D eigenvalue weighted by Gasteiger charge is -2.28. The Morgan fingerprint density at radius 2 is 2.22 bits per heavy atom. The number of aryl methyl sites for hydroxylation is 1. The molecular weight excluding hydrogens is 338 g/mol. The van der Waals surface area contributed by atoms with Crippen molar-refractivity contribution in [2.75, 3.05) is 12.3 Å². The van der Waals surface area contributed by atoms with Crippen LogP contribution in [0, 0.1) is 6.92 Å². The molecule has 9 heteroatoms. The van der Waals surface area contributed by atoms with Crippen LogP contribution in [-0.4, -0.2) is 35.7 Å². The molecule has 0 radical (unpaired) electrons. The molecule has 2 N–H and O–H groups in total. The molecule has 0 bridgehead atoms. The smallest absolute Gasteiger partial charge is 0.278 e. The van der Waals surface area contributed by atoms with E-state index in [-0.39, 0.29) is 15.6 Å². The predicted molar refractivity (Wildman–Crippen MR) is 86.4 cm³/mol. The van der Waals surface area contributed by atoms with Gasteiger partial charge in [-0.25, -0.2) is 13.4 Å². The number of nitrogens with one attached hydrogen (secondary N) is 1. The van der Waals surface area contributed by atoms with Gasteiger partial charge in [-0.3, -0.25) is 14.4 Å². The summed E-state index contributed by atoms with van der Waals surface area (Å²) in [6, 6.07) is -3.90. The van der Waals surface area contributed by atoms with E-state index in [4.69, 9.17) is 11.0 Å². The SMILES string of the molecule is [2H]c1nc(NC(=O)C2=C(O)c3c([2H])c([2H])c([2H])c([2H])c3S(=O)(=O)N2C([2H])([2H])[2H])sc1C. The summed E-state index contributed by atoms with van der Waals surface area (Å²) < 4.78 is 87.4. The van der Waals surface area contributed by atoms with Gasteiger partial charge in [-0.1, -0.05) is 12.1 Å². The van der Waals surface area contributed by atoms with E-state index in [1.54, 1.807) is 0 Å². The summed E-state index contributed by atoms with van der Waals surface area (Å²) in [6.07, 6.45) is -0.179. The van der Waals surface area contributed by atoms with Crippen molar-refractivity contribution >= 4 is 38.2 Å². The largest absolute Gasteiger partial charge is 0.505 e. The average Bonchev–Trinajstić information content (AvgIpc) is 2.94. The number of carbonyl (C=O) groups excluding carboxylic acids is 1. The minimum Gasteiger partial charge on any atom is -0.505 e. The quantitative estimate of drug-likeness (QED) is 0.854. The molecule has 0 atom stereocenters. The Kier molecular flexibility index (Phi) is 1.97. The van der Waals surface area contributed by atoms with Gasteiger partial charge < -0.3 is 5.11 Å². The van der Waals surface area contributed by atoms with Crippen molar-refractivity contribution in [1.82, 2.24) is 9.29 Å². The zero-order chi connectivity index (χ0) is 23.6. The first-order valence-electron chi connectivity index (χ1n) is 9.95. The molecule has 0 saturated carbocycles. The molecule has 120 valence electrons. The summed E-state index contributed by atoms with van der Waals surface area (Å²) in [5.74, 6) is -2.67. The van der Waals surface area contributed by atoms with E-state index in [2.05, 4.69) is 10.3 Å². The van der Waals surface area contributed by atoms with Crippen LogP contribution in [0.15, 0.2) is 40.9 Å². The number of benzene rings is 1. The van der Waals surface area contributed by atoms with Gasteiger partial charge in [0.15, 0.2) is 16.6 Å². The molecule has 0 unspecified atom stereocenters. The third-order valence-corrected chi connectivity index (χ3v) is 5.09. The van der Waals surface area contributed by atoms with Crippen molar-refractivity contribution in [3.63, 3.8) is 0 Å². The maximum absolute atomic E-state index is 13.1. The number of aromatic nitrogens is 1. The number of thiazole rings is 1. The topological polar surface area (TPSA) is 99.6 Å². The second-order valence-corrected chi connectivity index (χ2v) is 7.24. The molecule has 0 spiro atoms. The van der Waals surface area contributed by atoms with E-state index in [0.29, 0.717) is 4.88 Å². The number of rotatable bonds is 2. The molecule has 1 aliphatic rings. The lowest BCUT2D eigenvalue weighted by molar-refractivity contribution is -0.113. The van der Waals surface area contributed by atoms with Gasteiger partial charge in [0.05, 0.1) is 11.7 Å². The zero-order valence-electron chi connectivity index (χ0n) is 19.4. The number of aliphatic hydroxyl groups excluding tert-OH is 1. The second kappa shape index (κ2) is 5.36. The van der Waals surface area contributed by atoms with Gasteiger partial charge in [-0.05, 0) is 19.0 Å². The summed E-state index contributed by atoms with van der Waals surface area (Å²) in [5, 5.41) is 12.6. The first kappa shape index (κ1) is 8.46. The monoisotopic (exact) mass is 359 g/mol. The maximum Gasteiger partial charge on any atom is 0.278 e. The number of hydrogen-bond acceptors (Lipinski definition) is 6. The van der Waals surface area contributed by atoms with Gasteiger partial charge in [0, 0.05) is 27.7 Å². The van der Waals surface area contributed by atoms with E-state index < -0.39 is 69.0 Å². The van der Waals surface area contributed by atoms with Crippen molar-refractivity contribution in [3.05, 3.63) is 46.5 Å². The molecule has 0 aliphatic carbocycles. The Balaban J connectivity index is 2.35. The Bertz CT molecular complexity index is 1250. The second-order valence-electron chi connectivity index (χ2n) is 4.31. The summed E-state index contributed by atoms with van der Waals surface area (Å²) in [5.41, 5.74) is -2.19. The minimum absolute atomic E-state index is 0.170. The third-order valence-electron chi connectivity index (χ3n) is 2.82. The van der Waals surface area contributed by atoms with Crippen LogP contribution >= 0.6 is 11.3 Å². The van der Waals surface area contributed by atoms with E-state index >= 15 is 0 Å². The van der Waals surface area contributed by atoms with Crippen LogP contribution in [0.3, 0.4) is 0 Å². The molecular formula is C14H13N3O4S2. The van der Waals surface area contributed by atoms with Crippen molar-refractivity contribution in [2.24, 2.45) is 0 Å². The number of likely N-dealkylation sites (N-methyl/N-ethyl adjacent to an activating group) is 1. The van der Waals surface area contributed by atoms with Crippen LogP contribution in [0.4, 0.5) is 5.13 Å². The number of nitrogens with zero attached hydrogens (tertiary/aromatic N) is 2. The Morgan fingerprint density at radius 3 is 2.87 bits per heavy atom. The van der Waals surface area contributed by atoms with Crippen molar-refractivity contribution < 1.29 is 29.3 Å².